The second-order valence-electron chi connectivity index (χ2n) is 8.08. The SMILES string of the molecule is CCOc1ccc(C(=O)SC(CCO)=C(C)N(C=O)Cc2cnc(C)nc2N)c(Oc2cccc(F)c2)c1. The molecule has 0 radical (unpaired) electrons. The van der Waals surface area contributed by atoms with Gasteiger partial charge in [-0.15, -0.1) is 0 Å². The quantitative estimate of drug-likeness (QED) is 0.310. The molecule has 0 spiro atoms. The highest BCUT2D eigenvalue weighted by Gasteiger charge is 2.21. The van der Waals surface area contributed by atoms with Gasteiger partial charge in [-0.05, 0) is 56.8 Å². The van der Waals surface area contributed by atoms with Crippen LogP contribution in [0.5, 0.6) is 17.2 Å². The molecule has 0 atom stereocenters. The molecule has 1 aromatic heterocycles. The minimum Gasteiger partial charge on any atom is -0.494 e. The molecule has 0 aliphatic rings. The highest BCUT2D eigenvalue weighted by molar-refractivity contribution is 8.17. The van der Waals surface area contributed by atoms with E-state index in [1.165, 1.54) is 23.1 Å². The summed E-state index contributed by atoms with van der Waals surface area (Å²) in [6.07, 6.45) is 2.29. The Morgan fingerprint density at radius 2 is 2.03 bits per heavy atom. The summed E-state index contributed by atoms with van der Waals surface area (Å²) < 4.78 is 25.1. The van der Waals surface area contributed by atoms with Crippen molar-refractivity contribution < 1.29 is 28.6 Å². The summed E-state index contributed by atoms with van der Waals surface area (Å²) >= 11 is 0.861. The number of benzene rings is 2. The summed E-state index contributed by atoms with van der Waals surface area (Å²) in [6, 6.07) is 10.3. The molecule has 11 heteroatoms. The number of nitrogen functional groups attached to an aromatic ring is 1. The van der Waals surface area contributed by atoms with E-state index >= 15 is 0 Å². The van der Waals surface area contributed by atoms with Gasteiger partial charge in [0.15, 0.2) is 0 Å². The monoisotopic (exact) mass is 540 g/mol. The summed E-state index contributed by atoms with van der Waals surface area (Å²) in [5.41, 5.74) is 7.19. The number of nitrogens with two attached hydrogens (primary N) is 1. The van der Waals surface area contributed by atoms with Crippen LogP contribution >= 0.6 is 11.8 Å². The van der Waals surface area contributed by atoms with Gasteiger partial charge >= 0.3 is 0 Å². The zero-order valence-electron chi connectivity index (χ0n) is 21.3. The molecule has 2 aromatic carbocycles. The van der Waals surface area contributed by atoms with E-state index in [2.05, 4.69) is 9.97 Å². The van der Waals surface area contributed by atoms with Crippen molar-refractivity contribution >= 4 is 29.1 Å². The first-order chi connectivity index (χ1) is 18.2. The fourth-order valence-corrected chi connectivity index (χ4v) is 4.42. The molecule has 38 heavy (non-hydrogen) atoms. The van der Waals surface area contributed by atoms with Gasteiger partial charge in [-0.25, -0.2) is 14.4 Å². The minimum atomic E-state index is -0.483. The van der Waals surface area contributed by atoms with E-state index in [0.717, 1.165) is 11.8 Å². The smallest absolute Gasteiger partial charge is 0.227 e. The average Bonchev–Trinajstić information content (AvgIpc) is 2.88. The summed E-state index contributed by atoms with van der Waals surface area (Å²) in [7, 11) is 0. The maximum absolute atomic E-state index is 13.7. The predicted octanol–water partition coefficient (Wildman–Crippen LogP) is 4.84. The molecular formula is C27H29FN4O5S. The van der Waals surface area contributed by atoms with Gasteiger partial charge in [-0.1, -0.05) is 6.07 Å². The van der Waals surface area contributed by atoms with Crippen molar-refractivity contribution in [2.75, 3.05) is 18.9 Å². The fourth-order valence-electron chi connectivity index (χ4n) is 3.46. The Labute approximate surface area is 224 Å². The number of aliphatic hydroxyl groups is 1. The number of aliphatic hydroxyl groups excluding tert-OH is 1. The van der Waals surface area contributed by atoms with E-state index in [9.17, 15) is 19.1 Å². The molecule has 1 amide bonds. The zero-order valence-corrected chi connectivity index (χ0v) is 22.1. The molecule has 0 aliphatic heterocycles. The van der Waals surface area contributed by atoms with E-state index in [4.69, 9.17) is 15.2 Å². The molecule has 0 unspecified atom stereocenters. The van der Waals surface area contributed by atoms with Crippen LogP contribution in [0.15, 0.2) is 59.3 Å². The van der Waals surface area contributed by atoms with Crippen molar-refractivity contribution in [1.82, 2.24) is 14.9 Å². The Hall–Kier alpha value is -3.96. The van der Waals surface area contributed by atoms with Crippen molar-refractivity contribution in [3.05, 3.63) is 82.0 Å². The van der Waals surface area contributed by atoms with Crippen molar-refractivity contribution in [3.8, 4) is 17.2 Å². The zero-order chi connectivity index (χ0) is 27.7. The van der Waals surface area contributed by atoms with Gasteiger partial charge in [0.25, 0.3) is 0 Å². The lowest BCUT2D eigenvalue weighted by Crippen LogP contribution is -2.22. The van der Waals surface area contributed by atoms with E-state index in [-0.39, 0.29) is 42.5 Å². The van der Waals surface area contributed by atoms with E-state index in [1.54, 1.807) is 44.3 Å². The van der Waals surface area contributed by atoms with Gasteiger partial charge < -0.3 is 25.2 Å². The van der Waals surface area contributed by atoms with Gasteiger partial charge in [-0.3, -0.25) is 9.59 Å². The number of hydrogen-bond acceptors (Lipinski definition) is 9. The first kappa shape index (κ1) is 28.6. The van der Waals surface area contributed by atoms with Gasteiger partial charge in [0.1, 0.15) is 34.7 Å². The van der Waals surface area contributed by atoms with Crippen LogP contribution in [0.25, 0.3) is 0 Å². The minimum absolute atomic E-state index is 0.0854. The lowest BCUT2D eigenvalue weighted by atomic mass is 10.2. The molecular weight excluding hydrogens is 511 g/mol. The Balaban J connectivity index is 1.92. The third-order valence-corrected chi connectivity index (χ3v) is 6.53. The normalized spacial score (nSPS) is 11.5. The summed E-state index contributed by atoms with van der Waals surface area (Å²) in [5, 5.41) is 9.28. The van der Waals surface area contributed by atoms with Crippen LogP contribution in [0, 0.1) is 12.7 Å². The predicted molar refractivity (Wildman–Crippen MR) is 143 cm³/mol. The van der Waals surface area contributed by atoms with Crippen molar-refractivity contribution in [3.63, 3.8) is 0 Å². The topological polar surface area (TPSA) is 128 Å². The maximum Gasteiger partial charge on any atom is 0.227 e. The number of anilines is 1. The Bertz CT molecular complexity index is 1330. The number of aromatic nitrogens is 2. The summed E-state index contributed by atoms with van der Waals surface area (Å²) in [5.74, 6) is 1.14. The van der Waals surface area contributed by atoms with Crippen LogP contribution in [-0.2, 0) is 11.3 Å². The molecule has 1 heterocycles. The van der Waals surface area contributed by atoms with Crippen molar-refractivity contribution in [2.24, 2.45) is 0 Å². The highest BCUT2D eigenvalue weighted by atomic mass is 32.2. The van der Waals surface area contributed by atoms with Crippen molar-refractivity contribution in [2.45, 2.75) is 33.7 Å². The summed E-state index contributed by atoms with van der Waals surface area (Å²) in [4.78, 5) is 35.5. The second kappa shape index (κ2) is 13.5. The number of nitrogens with zero attached hydrogens (tertiary/aromatic N) is 3. The first-order valence-electron chi connectivity index (χ1n) is 11.8. The third-order valence-electron chi connectivity index (χ3n) is 5.38. The van der Waals surface area contributed by atoms with E-state index in [1.807, 2.05) is 6.92 Å². The number of thioether (sulfide) groups is 1. The largest absolute Gasteiger partial charge is 0.494 e. The molecule has 0 aliphatic carbocycles. The standard InChI is InChI=1S/C27H29FN4O5S/c1-4-36-21-8-9-23(24(13-21)37-22-7-5-6-20(28)12-22)27(35)38-25(10-11-33)17(2)32(16-34)15-19-14-30-18(3)31-26(19)29/h5-9,12-14,16,33H,4,10-11,15H2,1-3H3,(H2,29,30,31). The number of aryl methyl sites for hydroxylation is 1. The van der Waals surface area contributed by atoms with Crippen LogP contribution in [-0.4, -0.2) is 44.7 Å². The number of carbonyl (C=O) groups is 2. The molecule has 0 bridgehead atoms. The van der Waals surface area contributed by atoms with E-state index in [0.29, 0.717) is 40.8 Å². The number of rotatable bonds is 12. The van der Waals surface area contributed by atoms with Gasteiger partial charge in [-0.2, -0.15) is 0 Å². The number of amides is 1. The molecule has 0 fully saturated rings. The Morgan fingerprint density at radius 1 is 1.24 bits per heavy atom. The van der Waals surface area contributed by atoms with Gasteiger partial charge in [0, 0.05) is 47.5 Å². The number of carbonyl (C=O) groups excluding carboxylic acids is 2. The number of allylic oxidation sites excluding steroid dienone is 1. The maximum atomic E-state index is 13.7. The number of hydrogen-bond donors (Lipinski definition) is 2. The molecule has 0 saturated carbocycles. The average molecular weight is 541 g/mol. The molecule has 0 saturated heterocycles. The fraction of sp³-hybridized carbons (Fsp3) is 0.259. The number of ether oxygens (including phenoxy) is 2. The van der Waals surface area contributed by atoms with Crippen LogP contribution in [0.4, 0.5) is 10.2 Å². The van der Waals surface area contributed by atoms with Crippen molar-refractivity contribution in [1.29, 1.82) is 0 Å². The van der Waals surface area contributed by atoms with Gasteiger partial charge in [0.2, 0.25) is 11.5 Å². The second-order valence-corrected chi connectivity index (χ2v) is 9.15. The number of halogens is 1. The van der Waals surface area contributed by atoms with E-state index < -0.39 is 10.9 Å². The molecule has 200 valence electrons. The van der Waals surface area contributed by atoms with Crippen LogP contribution in [0.3, 0.4) is 0 Å². The van der Waals surface area contributed by atoms with Crippen LogP contribution < -0.4 is 15.2 Å². The van der Waals surface area contributed by atoms with Crippen LogP contribution in [0.1, 0.15) is 42.0 Å². The Kier molecular flexibility index (Phi) is 10.2. The van der Waals surface area contributed by atoms with Crippen LogP contribution in [0.2, 0.25) is 0 Å². The lowest BCUT2D eigenvalue weighted by molar-refractivity contribution is -0.116. The Morgan fingerprint density at radius 3 is 2.68 bits per heavy atom. The highest BCUT2D eigenvalue weighted by Crippen LogP contribution is 2.36. The molecule has 3 aromatic rings. The molecule has 9 nitrogen and oxygen atoms in total. The summed E-state index contributed by atoms with van der Waals surface area (Å²) in [6.45, 7) is 5.45. The third kappa shape index (κ3) is 7.53. The van der Waals surface area contributed by atoms with Gasteiger partial charge in [0.05, 0.1) is 18.7 Å². The molecule has 3 rings (SSSR count). The molecule has 3 N–H and O–H groups in total. The first-order valence-corrected chi connectivity index (χ1v) is 12.6. The lowest BCUT2D eigenvalue weighted by Gasteiger charge is -2.22.